The molecular weight excluding hydrogens is 484 g/mol. The molecule has 0 atom stereocenters. The quantitative estimate of drug-likeness (QED) is 0.445. The molecule has 3 N–H and O–H groups in total. The predicted octanol–water partition coefficient (Wildman–Crippen LogP) is 4.15. The first-order valence-corrected chi connectivity index (χ1v) is 8.27. The van der Waals surface area contributed by atoms with Crippen molar-refractivity contribution in [1.82, 2.24) is 5.43 Å². The van der Waals surface area contributed by atoms with Gasteiger partial charge in [0.1, 0.15) is 11.5 Å². The zero-order valence-corrected chi connectivity index (χ0v) is 15.6. The molecule has 0 bridgehead atoms. The maximum atomic E-state index is 11.9. The number of hydrazone groups is 1. The number of carbonyl (C=O) groups excluding carboxylic acids is 1. The van der Waals surface area contributed by atoms with Gasteiger partial charge in [0.2, 0.25) is 0 Å². The summed E-state index contributed by atoms with van der Waals surface area (Å²) < 4.78 is 1.61. The normalized spacial score (nSPS) is 10.9. The van der Waals surface area contributed by atoms with Crippen molar-refractivity contribution in [2.24, 2.45) is 5.10 Å². The van der Waals surface area contributed by atoms with Crippen molar-refractivity contribution < 1.29 is 15.0 Å². The van der Waals surface area contributed by atoms with Crippen LogP contribution in [0.4, 0.5) is 0 Å². The number of halogens is 3. The maximum absolute atomic E-state index is 11.9. The fourth-order valence-corrected chi connectivity index (χ4v) is 3.92. The lowest BCUT2D eigenvalue weighted by atomic mass is 10.2. The van der Waals surface area contributed by atoms with Gasteiger partial charge in [0, 0.05) is 10.0 Å². The molecule has 2 aromatic carbocycles. The van der Waals surface area contributed by atoms with E-state index < -0.39 is 5.91 Å². The minimum absolute atomic E-state index is 0.0247. The van der Waals surface area contributed by atoms with Crippen molar-refractivity contribution in [3.63, 3.8) is 0 Å². The van der Waals surface area contributed by atoms with E-state index in [0.717, 1.165) is 0 Å². The smallest absolute Gasteiger partial charge is 0.275 e. The van der Waals surface area contributed by atoms with E-state index >= 15 is 0 Å². The van der Waals surface area contributed by atoms with Gasteiger partial charge in [-0.2, -0.15) is 5.10 Å². The third-order valence-electron chi connectivity index (χ3n) is 2.69. The number of para-hydroxylation sites is 1. The summed E-state index contributed by atoms with van der Waals surface area (Å²) in [6.45, 7) is 0. The fraction of sp³-hybridized carbons (Fsp3) is 0. The summed E-state index contributed by atoms with van der Waals surface area (Å²) in [4.78, 5) is 11.9. The second-order valence-electron chi connectivity index (χ2n) is 4.13. The molecule has 0 heterocycles. The van der Waals surface area contributed by atoms with Crippen molar-refractivity contribution >= 4 is 59.9 Å². The molecule has 5 nitrogen and oxygen atoms in total. The Morgan fingerprint density at radius 1 is 1.14 bits per heavy atom. The number of hydrogen-bond donors (Lipinski definition) is 3. The van der Waals surface area contributed by atoms with Crippen LogP contribution in [0.2, 0.25) is 0 Å². The van der Waals surface area contributed by atoms with Gasteiger partial charge in [-0.25, -0.2) is 5.43 Å². The van der Waals surface area contributed by atoms with Crippen molar-refractivity contribution in [1.29, 1.82) is 0 Å². The molecule has 0 fully saturated rings. The van der Waals surface area contributed by atoms with Crippen LogP contribution < -0.4 is 5.43 Å². The zero-order chi connectivity index (χ0) is 16.3. The highest BCUT2D eigenvalue weighted by molar-refractivity contribution is 9.11. The second kappa shape index (κ2) is 7.26. The molecule has 22 heavy (non-hydrogen) atoms. The molecule has 0 spiro atoms. The van der Waals surface area contributed by atoms with Crippen LogP contribution in [0.25, 0.3) is 0 Å². The average molecular weight is 493 g/mol. The van der Waals surface area contributed by atoms with Crippen LogP contribution in [0.3, 0.4) is 0 Å². The van der Waals surface area contributed by atoms with Crippen LogP contribution >= 0.6 is 47.8 Å². The number of hydrogen-bond acceptors (Lipinski definition) is 4. The van der Waals surface area contributed by atoms with E-state index in [1.807, 2.05) is 0 Å². The first-order valence-electron chi connectivity index (χ1n) is 5.89. The molecule has 1 amide bonds. The van der Waals surface area contributed by atoms with Gasteiger partial charge in [-0.3, -0.25) is 4.79 Å². The molecule has 2 rings (SSSR count). The topological polar surface area (TPSA) is 81.9 Å². The van der Waals surface area contributed by atoms with Gasteiger partial charge in [0.25, 0.3) is 5.91 Å². The van der Waals surface area contributed by atoms with Crippen LogP contribution in [0.1, 0.15) is 15.9 Å². The Hall–Kier alpha value is -1.38. The second-order valence-corrected chi connectivity index (χ2v) is 6.63. The highest BCUT2D eigenvalue weighted by Gasteiger charge is 2.12. The molecule has 0 aromatic heterocycles. The Balaban J connectivity index is 2.19. The third-order valence-corrected chi connectivity index (χ3v) is 4.75. The van der Waals surface area contributed by atoms with E-state index in [2.05, 4.69) is 58.3 Å². The number of phenols is 2. The van der Waals surface area contributed by atoms with E-state index in [1.54, 1.807) is 18.2 Å². The molecule has 0 aliphatic rings. The summed E-state index contributed by atoms with van der Waals surface area (Å²) in [5.41, 5.74) is 2.99. The van der Waals surface area contributed by atoms with Crippen LogP contribution in [-0.2, 0) is 0 Å². The van der Waals surface area contributed by atoms with Gasteiger partial charge < -0.3 is 10.2 Å². The van der Waals surface area contributed by atoms with Gasteiger partial charge in [0.15, 0.2) is 0 Å². The molecule has 0 unspecified atom stereocenters. The Labute approximate surface area is 151 Å². The summed E-state index contributed by atoms with van der Waals surface area (Å²) in [6.07, 6.45) is 1.37. The van der Waals surface area contributed by atoms with Crippen molar-refractivity contribution in [3.8, 4) is 11.5 Å². The predicted molar refractivity (Wildman–Crippen MR) is 94.4 cm³/mol. The number of carbonyl (C=O) groups is 1. The number of amides is 1. The number of phenolic OH excluding ortho intramolecular Hbond substituents is 2. The maximum Gasteiger partial charge on any atom is 0.275 e. The van der Waals surface area contributed by atoms with Gasteiger partial charge >= 0.3 is 0 Å². The summed E-state index contributed by atoms with van der Waals surface area (Å²) in [6, 6.07) is 7.81. The molecule has 0 radical (unpaired) electrons. The fourth-order valence-electron chi connectivity index (χ4n) is 1.59. The lowest BCUT2D eigenvalue weighted by molar-refractivity contribution is 0.0952. The number of nitrogens with one attached hydrogen (secondary N) is 1. The van der Waals surface area contributed by atoms with Gasteiger partial charge in [0.05, 0.1) is 20.7 Å². The van der Waals surface area contributed by atoms with E-state index in [9.17, 15) is 15.0 Å². The minimum atomic E-state index is -0.539. The highest BCUT2D eigenvalue weighted by atomic mass is 79.9. The monoisotopic (exact) mass is 490 g/mol. The number of benzene rings is 2. The van der Waals surface area contributed by atoms with E-state index in [1.165, 1.54) is 18.3 Å². The Kier molecular flexibility index (Phi) is 5.60. The van der Waals surface area contributed by atoms with E-state index in [4.69, 9.17) is 0 Å². The third kappa shape index (κ3) is 3.68. The molecule has 114 valence electrons. The largest absolute Gasteiger partial charge is 0.507 e. The lowest BCUT2D eigenvalue weighted by Crippen LogP contribution is -2.17. The first-order chi connectivity index (χ1) is 10.4. The molecular formula is C14H9Br3N2O3. The highest BCUT2D eigenvalue weighted by Crippen LogP contribution is 2.38. The standard InChI is InChI=1S/C14H9Br3N2O3/c15-9-5-10(16)13(21)12(17)8(9)6-18-19-14(22)7-3-1-2-4-11(7)20/h1-6,20-21H,(H,19,22)/b18-6-. The molecule has 8 heteroatoms. The number of rotatable bonds is 3. The van der Waals surface area contributed by atoms with Crippen molar-refractivity contribution in [2.75, 3.05) is 0 Å². The molecule has 0 saturated carbocycles. The Bertz CT molecular complexity index is 763. The van der Waals surface area contributed by atoms with Crippen LogP contribution in [0, 0.1) is 0 Å². The summed E-state index contributed by atoms with van der Waals surface area (Å²) in [7, 11) is 0. The average Bonchev–Trinajstić information content (AvgIpc) is 2.48. The molecule has 0 saturated heterocycles. The van der Waals surface area contributed by atoms with Crippen LogP contribution in [0.5, 0.6) is 11.5 Å². The molecule has 0 aliphatic heterocycles. The van der Waals surface area contributed by atoms with Gasteiger partial charge in [-0.15, -0.1) is 0 Å². The zero-order valence-electron chi connectivity index (χ0n) is 10.8. The minimum Gasteiger partial charge on any atom is -0.507 e. The first kappa shape index (κ1) is 17.0. The van der Waals surface area contributed by atoms with Gasteiger partial charge in [-0.1, -0.05) is 28.1 Å². The van der Waals surface area contributed by atoms with Crippen LogP contribution in [0.15, 0.2) is 48.9 Å². The molecule has 0 aliphatic carbocycles. The Morgan fingerprint density at radius 3 is 2.50 bits per heavy atom. The van der Waals surface area contributed by atoms with E-state index in [-0.39, 0.29) is 17.1 Å². The SMILES string of the molecule is O=C(N/N=C\c1c(Br)cc(Br)c(O)c1Br)c1ccccc1O. The van der Waals surface area contributed by atoms with E-state index in [0.29, 0.717) is 19.0 Å². The summed E-state index contributed by atoms with van der Waals surface area (Å²) in [5.74, 6) is -0.640. The number of nitrogens with zero attached hydrogens (tertiary/aromatic N) is 1. The van der Waals surface area contributed by atoms with Crippen molar-refractivity contribution in [3.05, 3.63) is 54.9 Å². The van der Waals surface area contributed by atoms with Crippen molar-refractivity contribution in [2.45, 2.75) is 0 Å². The number of aromatic hydroxyl groups is 2. The molecule has 2 aromatic rings. The summed E-state index contributed by atoms with van der Waals surface area (Å²) >= 11 is 9.80. The lowest BCUT2D eigenvalue weighted by Gasteiger charge is -2.07. The van der Waals surface area contributed by atoms with Gasteiger partial charge in [-0.05, 0) is 50.1 Å². The Morgan fingerprint density at radius 2 is 1.82 bits per heavy atom. The summed E-state index contributed by atoms with van der Waals surface area (Å²) in [5, 5.41) is 23.3. The van der Waals surface area contributed by atoms with Crippen LogP contribution in [-0.4, -0.2) is 22.3 Å².